The molecule has 0 radical (unpaired) electrons. The topological polar surface area (TPSA) is 149 Å². The number of ether oxygens (including phenoxy) is 2. The SMILES string of the molecule is CC/C=C\C/C=C\C/C=C\C/C=C\C/C=C\CCCC(=O)OC(CO)COP(=O)(O)OCC(CO)OC(=O)CCCCCCCCCCCCC/C=C\CCCCCCCCCC. The summed E-state index contributed by atoms with van der Waals surface area (Å²) < 4.78 is 32.6. The lowest BCUT2D eigenvalue weighted by Crippen LogP contribution is -2.28. The fraction of sp³-hybridized carbons (Fsp3) is 0.731. The number of aliphatic hydroxyl groups is 2. The van der Waals surface area contributed by atoms with Gasteiger partial charge in [-0.2, -0.15) is 0 Å². The molecule has 3 atom stereocenters. The fourth-order valence-corrected chi connectivity index (χ4v) is 7.40. The van der Waals surface area contributed by atoms with Gasteiger partial charge in [-0.3, -0.25) is 18.6 Å². The van der Waals surface area contributed by atoms with Crippen molar-refractivity contribution < 1.29 is 47.8 Å². The van der Waals surface area contributed by atoms with Gasteiger partial charge in [0.1, 0.15) is 12.2 Å². The first-order chi connectivity index (χ1) is 30.8. The molecule has 11 heteroatoms. The Morgan fingerprint density at radius 1 is 0.444 bits per heavy atom. The van der Waals surface area contributed by atoms with Crippen LogP contribution in [-0.4, -0.2) is 65.7 Å². The Bertz CT molecular complexity index is 1270. The maximum Gasteiger partial charge on any atom is 0.472 e. The number of allylic oxidation sites excluding steroid dienone is 12. The number of unbranched alkanes of at least 4 members (excludes halogenated alkanes) is 20. The van der Waals surface area contributed by atoms with Gasteiger partial charge in [0.15, 0.2) is 0 Å². The zero-order valence-electron chi connectivity index (χ0n) is 39.8. The van der Waals surface area contributed by atoms with Gasteiger partial charge in [0.2, 0.25) is 0 Å². The Kier molecular flexibility index (Phi) is 45.4. The van der Waals surface area contributed by atoms with E-state index in [-0.39, 0.29) is 12.8 Å². The lowest BCUT2D eigenvalue weighted by molar-refractivity contribution is -0.153. The highest BCUT2D eigenvalue weighted by atomic mass is 31.2. The molecule has 10 nitrogen and oxygen atoms in total. The second-order valence-electron chi connectivity index (χ2n) is 16.4. The van der Waals surface area contributed by atoms with Crippen LogP contribution in [-0.2, 0) is 32.7 Å². The van der Waals surface area contributed by atoms with Crippen LogP contribution in [0, 0.1) is 0 Å². The van der Waals surface area contributed by atoms with Crippen LogP contribution in [0.4, 0.5) is 0 Å². The van der Waals surface area contributed by atoms with Gasteiger partial charge in [-0.25, -0.2) is 4.57 Å². The van der Waals surface area contributed by atoms with Crippen LogP contribution >= 0.6 is 7.82 Å². The third-order valence-corrected chi connectivity index (χ3v) is 11.4. The van der Waals surface area contributed by atoms with Gasteiger partial charge in [0.05, 0.1) is 26.4 Å². The van der Waals surface area contributed by atoms with Crippen molar-refractivity contribution in [3.8, 4) is 0 Å². The second kappa shape index (κ2) is 47.4. The highest BCUT2D eigenvalue weighted by molar-refractivity contribution is 7.47. The van der Waals surface area contributed by atoms with E-state index < -0.39 is 58.4 Å². The summed E-state index contributed by atoms with van der Waals surface area (Å²) in [6.07, 6.45) is 56.0. The van der Waals surface area contributed by atoms with Crippen molar-refractivity contribution in [1.82, 2.24) is 0 Å². The molecule has 0 heterocycles. The Balaban J connectivity index is 3.90. The first-order valence-electron chi connectivity index (χ1n) is 24.9. The van der Waals surface area contributed by atoms with Gasteiger partial charge in [0, 0.05) is 12.8 Å². The van der Waals surface area contributed by atoms with E-state index in [1.807, 2.05) is 12.2 Å². The quantitative estimate of drug-likeness (QED) is 0.0233. The standard InChI is InChI=1S/C52H91O10P/c1-3-5-7-9-11-13-15-17-19-21-22-23-24-25-26-28-30-32-34-36-38-40-42-44-52(56)62-50(46-54)48-60-63(57,58)59-47-49(45-53)61-51(55)43-41-39-37-35-33-31-29-27-20-18-16-14-12-10-8-6-4-2/h6,8,12,14,18,20-22,29,31,35,37,49-50,53-54H,3-5,7,9-11,13,15-17,19,23-28,30,32-34,36,38-48H2,1-2H3,(H,57,58)/b8-6-,14-12-,20-18-,22-21-,31-29-,37-35-. The number of hydrogen-bond donors (Lipinski definition) is 3. The molecule has 0 aliphatic heterocycles. The first kappa shape index (κ1) is 60.4. The van der Waals surface area contributed by atoms with Gasteiger partial charge in [0.25, 0.3) is 0 Å². The number of aliphatic hydroxyl groups excluding tert-OH is 2. The lowest BCUT2D eigenvalue weighted by Gasteiger charge is -2.20. The molecule has 0 spiro atoms. The molecule has 0 bridgehead atoms. The zero-order valence-corrected chi connectivity index (χ0v) is 40.7. The minimum Gasteiger partial charge on any atom is -0.457 e. The van der Waals surface area contributed by atoms with Crippen LogP contribution in [0.15, 0.2) is 72.9 Å². The van der Waals surface area contributed by atoms with Crippen LogP contribution in [0.3, 0.4) is 0 Å². The zero-order chi connectivity index (χ0) is 46.2. The number of carbonyl (C=O) groups excluding carboxylic acids is 2. The van der Waals surface area contributed by atoms with E-state index in [9.17, 15) is 29.3 Å². The number of carbonyl (C=O) groups is 2. The average Bonchev–Trinajstić information content (AvgIpc) is 3.27. The number of esters is 2. The predicted octanol–water partition coefficient (Wildman–Crippen LogP) is 14.0. The molecule has 0 aliphatic carbocycles. The largest absolute Gasteiger partial charge is 0.472 e. The Morgan fingerprint density at radius 3 is 1.16 bits per heavy atom. The summed E-state index contributed by atoms with van der Waals surface area (Å²) in [6, 6.07) is 0. The third kappa shape index (κ3) is 45.8. The minimum absolute atomic E-state index is 0.111. The van der Waals surface area contributed by atoms with Crippen LogP contribution in [0.2, 0.25) is 0 Å². The molecule has 0 aromatic heterocycles. The van der Waals surface area contributed by atoms with Crippen LogP contribution < -0.4 is 0 Å². The summed E-state index contributed by atoms with van der Waals surface area (Å²) in [6.45, 7) is 2.04. The summed E-state index contributed by atoms with van der Waals surface area (Å²) in [7, 11) is -4.66. The van der Waals surface area contributed by atoms with E-state index >= 15 is 0 Å². The van der Waals surface area contributed by atoms with Crippen LogP contribution in [0.1, 0.15) is 206 Å². The lowest BCUT2D eigenvalue weighted by atomic mass is 10.0. The molecule has 0 amide bonds. The molecular weight excluding hydrogens is 816 g/mol. The van der Waals surface area contributed by atoms with Gasteiger partial charge in [-0.05, 0) is 77.0 Å². The average molecular weight is 907 g/mol. The van der Waals surface area contributed by atoms with Crippen LogP contribution in [0.5, 0.6) is 0 Å². The molecule has 0 aromatic rings. The van der Waals surface area contributed by atoms with E-state index in [1.165, 1.54) is 109 Å². The van der Waals surface area contributed by atoms with Crippen molar-refractivity contribution in [2.45, 2.75) is 219 Å². The third-order valence-electron chi connectivity index (χ3n) is 10.4. The molecule has 3 unspecified atom stereocenters. The summed E-state index contributed by atoms with van der Waals surface area (Å²) in [4.78, 5) is 34.6. The van der Waals surface area contributed by atoms with Gasteiger partial charge >= 0.3 is 19.8 Å². The summed E-state index contributed by atoms with van der Waals surface area (Å²) in [5, 5.41) is 19.2. The molecule has 3 N–H and O–H groups in total. The van der Waals surface area contributed by atoms with Gasteiger partial charge < -0.3 is 24.6 Å². The van der Waals surface area contributed by atoms with E-state index in [2.05, 4.69) is 74.6 Å². The fourth-order valence-electron chi connectivity index (χ4n) is 6.62. The molecule has 63 heavy (non-hydrogen) atoms. The molecule has 0 saturated heterocycles. The number of phosphoric ester groups is 1. The van der Waals surface area contributed by atoms with Crippen molar-refractivity contribution >= 4 is 19.8 Å². The maximum atomic E-state index is 12.4. The van der Waals surface area contributed by atoms with E-state index in [0.29, 0.717) is 19.3 Å². The van der Waals surface area contributed by atoms with Crippen LogP contribution in [0.25, 0.3) is 0 Å². The van der Waals surface area contributed by atoms with Gasteiger partial charge in [-0.15, -0.1) is 0 Å². The number of phosphoric acid groups is 1. The van der Waals surface area contributed by atoms with Gasteiger partial charge in [-0.1, -0.05) is 189 Å². The Hall–Kier alpha value is -2.59. The highest BCUT2D eigenvalue weighted by Crippen LogP contribution is 2.43. The molecule has 0 fully saturated rings. The highest BCUT2D eigenvalue weighted by Gasteiger charge is 2.27. The predicted molar refractivity (Wildman–Crippen MR) is 260 cm³/mol. The number of hydrogen-bond acceptors (Lipinski definition) is 9. The van der Waals surface area contributed by atoms with E-state index in [0.717, 1.165) is 51.4 Å². The molecule has 0 aromatic carbocycles. The van der Waals surface area contributed by atoms with Crippen molar-refractivity contribution in [1.29, 1.82) is 0 Å². The van der Waals surface area contributed by atoms with E-state index in [4.69, 9.17) is 18.5 Å². The molecule has 364 valence electrons. The van der Waals surface area contributed by atoms with E-state index in [1.54, 1.807) is 0 Å². The molecule has 0 saturated carbocycles. The van der Waals surface area contributed by atoms with Crippen molar-refractivity contribution in [2.24, 2.45) is 0 Å². The second-order valence-corrected chi connectivity index (χ2v) is 17.9. The minimum atomic E-state index is -4.66. The normalized spacial score (nSPS) is 14.3. The summed E-state index contributed by atoms with van der Waals surface area (Å²) >= 11 is 0. The summed E-state index contributed by atoms with van der Waals surface area (Å²) in [5.41, 5.74) is 0. The van der Waals surface area contributed by atoms with Crippen molar-refractivity contribution in [2.75, 3.05) is 26.4 Å². The molecule has 0 aliphatic rings. The molecular formula is C52H91O10P. The monoisotopic (exact) mass is 907 g/mol. The Labute approximate surface area is 384 Å². The number of rotatable bonds is 46. The smallest absolute Gasteiger partial charge is 0.457 e. The first-order valence-corrected chi connectivity index (χ1v) is 26.4. The Morgan fingerprint density at radius 2 is 0.762 bits per heavy atom. The molecule has 0 rings (SSSR count). The van der Waals surface area contributed by atoms with Crippen molar-refractivity contribution in [3.05, 3.63) is 72.9 Å². The maximum absolute atomic E-state index is 12.4. The summed E-state index contributed by atoms with van der Waals surface area (Å²) in [5.74, 6) is -1.08. The van der Waals surface area contributed by atoms with Crippen molar-refractivity contribution in [3.63, 3.8) is 0 Å².